The van der Waals surface area contributed by atoms with Gasteiger partial charge in [0.2, 0.25) is 5.95 Å². The molecule has 35 heavy (non-hydrogen) atoms. The van der Waals surface area contributed by atoms with Crippen molar-refractivity contribution in [3.63, 3.8) is 0 Å². The van der Waals surface area contributed by atoms with Gasteiger partial charge in [0.1, 0.15) is 5.75 Å². The maximum Gasteiger partial charge on any atom is 0.274 e. The number of hydrogen-bond donors (Lipinski definition) is 1. The number of nitro benzene ring substituents is 1. The molecular weight excluding hydrogens is 446 g/mol. The number of aryl methyl sites for hydroxylation is 1. The van der Waals surface area contributed by atoms with Crippen LogP contribution < -0.4 is 10.1 Å². The van der Waals surface area contributed by atoms with E-state index in [1.165, 1.54) is 29.0 Å². The topological polar surface area (TPSA) is 112 Å². The molecule has 0 saturated carbocycles. The van der Waals surface area contributed by atoms with E-state index >= 15 is 0 Å². The fourth-order valence-corrected chi connectivity index (χ4v) is 3.31. The smallest absolute Gasteiger partial charge is 0.274 e. The number of aromatic nitrogens is 3. The van der Waals surface area contributed by atoms with Gasteiger partial charge in [-0.25, -0.2) is 0 Å². The molecule has 9 nitrogen and oxygen atoms in total. The fourth-order valence-electron chi connectivity index (χ4n) is 3.31. The van der Waals surface area contributed by atoms with Crippen molar-refractivity contribution in [1.82, 2.24) is 14.8 Å². The Balaban J connectivity index is 1.61. The van der Waals surface area contributed by atoms with Crippen molar-refractivity contribution in [2.75, 3.05) is 12.4 Å². The molecule has 0 bridgehead atoms. The summed E-state index contributed by atoms with van der Waals surface area (Å²) in [7, 11) is 1.61. The van der Waals surface area contributed by atoms with Gasteiger partial charge in [-0.2, -0.15) is 9.67 Å². The van der Waals surface area contributed by atoms with Crippen molar-refractivity contribution >= 4 is 23.6 Å². The summed E-state index contributed by atoms with van der Waals surface area (Å²) in [6, 6.07) is 21.3. The maximum absolute atomic E-state index is 13.0. The second-order valence-electron chi connectivity index (χ2n) is 7.76. The lowest BCUT2D eigenvalue weighted by atomic mass is 10.1. The van der Waals surface area contributed by atoms with Crippen molar-refractivity contribution in [2.24, 2.45) is 0 Å². The van der Waals surface area contributed by atoms with E-state index in [1.54, 1.807) is 19.2 Å². The number of carbonyl (C=O) groups excluding carboxylic acids is 1. The Morgan fingerprint density at radius 2 is 1.86 bits per heavy atom. The molecule has 3 aromatic carbocycles. The van der Waals surface area contributed by atoms with Crippen LogP contribution in [0.3, 0.4) is 0 Å². The number of allylic oxidation sites excluding steroid dienone is 1. The van der Waals surface area contributed by atoms with Gasteiger partial charge >= 0.3 is 0 Å². The Bertz CT molecular complexity index is 1380. The highest BCUT2D eigenvalue weighted by atomic mass is 16.6. The van der Waals surface area contributed by atoms with Crippen LogP contribution in [0.25, 0.3) is 17.5 Å². The zero-order valence-corrected chi connectivity index (χ0v) is 19.2. The van der Waals surface area contributed by atoms with Gasteiger partial charge in [-0.1, -0.05) is 54.1 Å². The first-order chi connectivity index (χ1) is 16.9. The normalized spacial score (nSPS) is 10.9. The summed E-state index contributed by atoms with van der Waals surface area (Å²) >= 11 is 0. The first kappa shape index (κ1) is 23.4. The molecule has 4 aromatic rings. The van der Waals surface area contributed by atoms with Crippen LogP contribution in [0, 0.1) is 17.0 Å². The third-order valence-corrected chi connectivity index (χ3v) is 5.23. The number of nitrogens with zero attached hydrogens (tertiary/aromatic N) is 4. The third kappa shape index (κ3) is 5.77. The van der Waals surface area contributed by atoms with E-state index < -0.39 is 10.8 Å². The Hall–Kier alpha value is -4.79. The van der Waals surface area contributed by atoms with Crippen LogP contribution in [-0.2, 0) is 6.54 Å². The van der Waals surface area contributed by atoms with Gasteiger partial charge in [-0.15, -0.1) is 5.10 Å². The molecule has 1 aromatic heterocycles. The summed E-state index contributed by atoms with van der Waals surface area (Å²) < 4.78 is 6.38. The zero-order chi connectivity index (χ0) is 24.8. The van der Waals surface area contributed by atoms with Gasteiger partial charge < -0.3 is 10.1 Å². The van der Waals surface area contributed by atoms with Gasteiger partial charge in [-0.05, 0) is 36.3 Å². The minimum absolute atomic E-state index is 0.0520. The van der Waals surface area contributed by atoms with Crippen LogP contribution in [0.1, 0.15) is 21.5 Å². The molecule has 0 spiro atoms. The molecule has 0 atom stereocenters. The van der Waals surface area contributed by atoms with Crippen LogP contribution in [0.2, 0.25) is 0 Å². The number of rotatable bonds is 8. The molecule has 0 amide bonds. The first-order valence-electron chi connectivity index (χ1n) is 10.8. The minimum Gasteiger partial charge on any atom is -0.497 e. The highest BCUT2D eigenvalue weighted by Gasteiger charge is 2.16. The van der Waals surface area contributed by atoms with Crippen molar-refractivity contribution in [3.8, 4) is 17.1 Å². The molecule has 0 fully saturated rings. The lowest BCUT2D eigenvalue weighted by Crippen LogP contribution is -2.14. The van der Waals surface area contributed by atoms with Crippen molar-refractivity contribution in [3.05, 3.63) is 106 Å². The average molecular weight is 470 g/mol. The molecule has 0 saturated heterocycles. The van der Waals surface area contributed by atoms with Crippen molar-refractivity contribution < 1.29 is 14.5 Å². The van der Waals surface area contributed by atoms with E-state index in [1.807, 2.05) is 55.5 Å². The van der Waals surface area contributed by atoms with Crippen LogP contribution >= 0.6 is 0 Å². The Kier molecular flexibility index (Phi) is 6.96. The molecule has 0 aliphatic rings. The van der Waals surface area contributed by atoms with Gasteiger partial charge in [0, 0.05) is 30.3 Å². The van der Waals surface area contributed by atoms with Crippen LogP contribution in [-0.4, -0.2) is 32.7 Å². The average Bonchev–Trinajstić information content (AvgIpc) is 3.31. The van der Waals surface area contributed by atoms with Crippen LogP contribution in [0.4, 0.5) is 11.6 Å². The monoisotopic (exact) mass is 469 g/mol. The van der Waals surface area contributed by atoms with E-state index in [0.29, 0.717) is 17.9 Å². The minimum atomic E-state index is -0.481. The van der Waals surface area contributed by atoms with Crippen molar-refractivity contribution in [2.45, 2.75) is 13.5 Å². The second-order valence-corrected chi connectivity index (χ2v) is 7.76. The first-order valence-corrected chi connectivity index (χ1v) is 10.8. The van der Waals surface area contributed by atoms with E-state index in [9.17, 15) is 14.9 Å². The molecule has 1 N–H and O–H groups in total. The summed E-state index contributed by atoms with van der Waals surface area (Å²) in [5, 5.41) is 18.6. The van der Waals surface area contributed by atoms with Crippen molar-refractivity contribution in [1.29, 1.82) is 0 Å². The number of benzene rings is 3. The molecule has 4 rings (SSSR count). The number of carbonyl (C=O) groups is 1. The number of nitrogens with one attached hydrogen (secondary N) is 1. The third-order valence-electron chi connectivity index (χ3n) is 5.23. The van der Waals surface area contributed by atoms with Gasteiger partial charge in [-0.3, -0.25) is 14.9 Å². The second kappa shape index (κ2) is 10.4. The zero-order valence-electron chi connectivity index (χ0n) is 19.2. The molecule has 0 aliphatic heterocycles. The van der Waals surface area contributed by atoms with E-state index in [-0.39, 0.29) is 11.6 Å². The number of non-ortho nitro benzene ring substituents is 1. The Morgan fingerprint density at radius 3 is 2.54 bits per heavy atom. The number of nitro groups is 1. The largest absolute Gasteiger partial charge is 0.497 e. The Labute approximate surface area is 201 Å². The predicted octanol–water partition coefficient (Wildman–Crippen LogP) is 5.14. The molecule has 0 radical (unpaired) electrons. The fraction of sp³-hybridized carbons (Fsp3) is 0.115. The van der Waals surface area contributed by atoms with E-state index in [4.69, 9.17) is 4.74 Å². The van der Waals surface area contributed by atoms with E-state index in [0.717, 1.165) is 22.4 Å². The molecule has 0 aliphatic carbocycles. The summed E-state index contributed by atoms with van der Waals surface area (Å²) in [6.45, 7) is 2.40. The van der Waals surface area contributed by atoms with Gasteiger partial charge in [0.25, 0.3) is 11.6 Å². The molecule has 0 unspecified atom stereocenters. The summed E-state index contributed by atoms with van der Waals surface area (Å²) in [5.41, 5.74) is 3.32. The summed E-state index contributed by atoms with van der Waals surface area (Å²) in [4.78, 5) is 28.1. The van der Waals surface area contributed by atoms with Gasteiger partial charge in [0.15, 0.2) is 5.82 Å². The SMILES string of the molecule is COc1ccc(CNc2nc(-c3ccc(C)cc3)nn2C(=O)C=Cc2cccc([N+](=O)[O-])c2)cc1. The van der Waals surface area contributed by atoms with Crippen LogP contribution in [0.5, 0.6) is 5.75 Å². The lowest BCUT2D eigenvalue weighted by molar-refractivity contribution is -0.384. The van der Waals surface area contributed by atoms with Crippen LogP contribution in [0.15, 0.2) is 78.9 Å². The maximum atomic E-state index is 13.0. The number of methoxy groups -OCH3 is 1. The quantitative estimate of drug-likeness (QED) is 0.216. The Morgan fingerprint density at radius 1 is 1.11 bits per heavy atom. The number of hydrogen-bond acceptors (Lipinski definition) is 7. The predicted molar refractivity (Wildman–Crippen MR) is 133 cm³/mol. The highest BCUT2D eigenvalue weighted by Crippen LogP contribution is 2.20. The number of anilines is 1. The lowest BCUT2D eigenvalue weighted by Gasteiger charge is -2.07. The number of ether oxygens (including phenoxy) is 1. The summed E-state index contributed by atoms with van der Waals surface area (Å²) in [5.74, 6) is 0.990. The molecule has 1 heterocycles. The summed E-state index contributed by atoms with van der Waals surface area (Å²) in [6.07, 6.45) is 2.82. The van der Waals surface area contributed by atoms with E-state index in [2.05, 4.69) is 15.4 Å². The molecular formula is C26H23N5O4. The molecule has 176 valence electrons. The molecule has 9 heteroatoms. The standard InChI is InChI=1S/C26H23N5O4/c1-18-6-11-21(12-7-18)25-28-26(27-17-20-8-13-23(35-2)14-9-20)30(29-25)24(32)15-10-19-4-3-5-22(16-19)31(33)34/h3-16H,17H2,1-2H3,(H,27,28,29). The van der Waals surface area contributed by atoms with Gasteiger partial charge in [0.05, 0.1) is 12.0 Å². The highest BCUT2D eigenvalue weighted by molar-refractivity contribution is 5.95.